The molecule has 0 aromatic rings. The Balaban J connectivity index is -0.00000000500. The van der Waals surface area contributed by atoms with E-state index in [1.807, 2.05) is 0 Å². The fraction of sp³-hybridized carbons (Fsp3) is 0. The van der Waals surface area contributed by atoms with Gasteiger partial charge >= 0.3 is 44.8 Å². The van der Waals surface area contributed by atoms with Crippen LogP contribution in [0.1, 0.15) is 0 Å². The first kappa shape index (κ1) is 31.8. The van der Waals surface area contributed by atoms with Crippen molar-refractivity contribution in [3.8, 4) is 0 Å². The molecule has 0 atom stereocenters. The molecule has 6 heavy (non-hydrogen) atoms. The Labute approximate surface area is 68.2 Å². The molecule has 0 N–H and O–H groups in total. The summed E-state index contributed by atoms with van der Waals surface area (Å²) in [5, 5.41) is 12.5. The molecule has 0 aliphatic heterocycles. The van der Waals surface area contributed by atoms with Crippen molar-refractivity contribution in [3.05, 3.63) is 13.1 Å². The van der Waals surface area contributed by atoms with E-state index in [-0.39, 0.29) is 44.8 Å². The minimum atomic E-state index is 0. The van der Waals surface area contributed by atoms with Crippen LogP contribution in [-0.2, 0) is 44.8 Å². The molecule has 0 saturated heterocycles. The SMILES string of the molecule is [Au+].[Au+].[C-]#N.[C-]#N. The van der Waals surface area contributed by atoms with Crippen molar-refractivity contribution < 1.29 is 44.8 Å². The van der Waals surface area contributed by atoms with Gasteiger partial charge in [-0.15, -0.1) is 0 Å². The largest absolute Gasteiger partial charge is 1.00 e. The fourth-order valence-corrected chi connectivity index (χ4v) is 0. The van der Waals surface area contributed by atoms with E-state index in [0.29, 0.717) is 0 Å². The third-order valence-corrected chi connectivity index (χ3v) is 0. The number of nitrogens with zero attached hydrogens (tertiary/aromatic N) is 2. The molecule has 0 radical (unpaired) electrons. The molecule has 0 fully saturated rings. The van der Waals surface area contributed by atoms with E-state index in [2.05, 4.69) is 0 Å². The third kappa shape index (κ3) is 252. The van der Waals surface area contributed by atoms with E-state index in [9.17, 15) is 0 Å². The van der Waals surface area contributed by atoms with E-state index in [1.54, 1.807) is 0 Å². The maximum Gasteiger partial charge on any atom is 1.00 e. The second-order valence-electron chi connectivity index (χ2n) is 0. The topological polar surface area (TPSA) is 47.6 Å². The summed E-state index contributed by atoms with van der Waals surface area (Å²) in [6.07, 6.45) is 0. The Morgan fingerprint density at radius 2 is 0.667 bits per heavy atom. The summed E-state index contributed by atoms with van der Waals surface area (Å²) in [7, 11) is 0. The minimum Gasteiger partial charge on any atom is -0.512 e. The van der Waals surface area contributed by atoms with Crippen molar-refractivity contribution in [1.29, 1.82) is 10.5 Å². The molecule has 0 aliphatic rings. The maximum absolute atomic E-state index is 6.25. The molecule has 40 valence electrons. The third-order valence-electron chi connectivity index (χ3n) is 0. The van der Waals surface area contributed by atoms with Gasteiger partial charge in [-0.3, -0.25) is 0 Å². The van der Waals surface area contributed by atoms with E-state index < -0.39 is 0 Å². The Bertz CT molecular complexity index is 25.0. The molecular formula is C2Au2N2. The Morgan fingerprint density at radius 1 is 0.667 bits per heavy atom. The van der Waals surface area contributed by atoms with Crippen LogP contribution in [0.3, 0.4) is 0 Å². The summed E-state index contributed by atoms with van der Waals surface area (Å²) in [5.74, 6) is 0. The molecule has 0 bridgehead atoms. The summed E-state index contributed by atoms with van der Waals surface area (Å²) < 4.78 is 0. The van der Waals surface area contributed by atoms with E-state index >= 15 is 0 Å². The standard InChI is InChI=1S/2CN.2Au/c2*1-2;;/q2*-1;2*+1. The first-order valence-corrected chi connectivity index (χ1v) is 0.447. The summed E-state index contributed by atoms with van der Waals surface area (Å²) in [6, 6.07) is 0. The van der Waals surface area contributed by atoms with Gasteiger partial charge in [-0.2, -0.15) is 0 Å². The smallest absolute Gasteiger partial charge is 0.512 e. The van der Waals surface area contributed by atoms with Crippen LogP contribution in [-0.4, -0.2) is 0 Å². The molecule has 2 nitrogen and oxygen atoms in total. The van der Waals surface area contributed by atoms with Crippen LogP contribution in [0.25, 0.3) is 0 Å². The number of hydrogen-bond donors (Lipinski definition) is 0. The van der Waals surface area contributed by atoms with Gasteiger partial charge in [0.05, 0.1) is 0 Å². The van der Waals surface area contributed by atoms with Crippen molar-refractivity contribution in [2.45, 2.75) is 0 Å². The van der Waals surface area contributed by atoms with Gasteiger partial charge in [-0.1, -0.05) is 0 Å². The van der Waals surface area contributed by atoms with Crippen LogP contribution in [0.2, 0.25) is 0 Å². The molecule has 0 spiro atoms. The quantitative estimate of drug-likeness (QED) is 0.395. The van der Waals surface area contributed by atoms with E-state index in [0.717, 1.165) is 0 Å². The van der Waals surface area contributed by atoms with Gasteiger partial charge in [0.15, 0.2) is 0 Å². The number of hydrogen-bond acceptors (Lipinski definition) is 2. The molecule has 0 unspecified atom stereocenters. The summed E-state index contributed by atoms with van der Waals surface area (Å²) in [6.45, 7) is 9.50. The van der Waals surface area contributed by atoms with Gasteiger partial charge < -0.3 is 23.7 Å². The van der Waals surface area contributed by atoms with Crippen LogP contribution < -0.4 is 0 Å². The second kappa shape index (κ2) is 512. The van der Waals surface area contributed by atoms with E-state index in [1.165, 1.54) is 0 Å². The molecule has 0 rings (SSSR count). The molecular weight excluding hydrogens is 446 g/mol. The van der Waals surface area contributed by atoms with Crippen LogP contribution in [0.5, 0.6) is 0 Å². The molecule has 0 aromatic carbocycles. The van der Waals surface area contributed by atoms with Crippen molar-refractivity contribution in [1.82, 2.24) is 0 Å². The fourth-order valence-electron chi connectivity index (χ4n) is 0. The Kier molecular flexibility index (Phi) is 2720. The average Bonchev–Trinajstić information content (AvgIpc) is 1.50. The van der Waals surface area contributed by atoms with Crippen molar-refractivity contribution >= 4 is 0 Å². The van der Waals surface area contributed by atoms with E-state index in [4.69, 9.17) is 23.7 Å². The maximum atomic E-state index is 6.25. The van der Waals surface area contributed by atoms with Gasteiger partial charge in [0.1, 0.15) is 0 Å². The van der Waals surface area contributed by atoms with Gasteiger partial charge in [0.25, 0.3) is 0 Å². The second-order valence-corrected chi connectivity index (χ2v) is 0. The van der Waals surface area contributed by atoms with Crippen molar-refractivity contribution in [3.63, 3.8) is 0 Å². The first-order valence-electron chi connectivity index (χ1n) is 0.447. The predicted molar refractivity (Wildman–Crippen MR) is 9.94 cm³/mol. The van der Waals surface area contributed by atoms with Crippen LogP contribution >= 0.6 is 0 Å². The molecule has 0 aliphatic carbocycles. The van der Waals surface area contributed by atoms with Crippen LogP contribution in [0.15, 0.2) is 0 Å². The predicted octanol–water partition coefficient (Wildman–Crippen LogP) is 0.188. The zero-order valence-corrected chi connectivity index (χ0v) is 6.83. The van der Waals surface area contributed by atoms with Gasteiger partial charge in [-0.25, -0.2) is 0 Å². The van der Waals surface area contributed by atoms with Gasteiger partial charge in [-0.05, 0) is 0 Å². The first-order chi connectivity index (χ1) is 2.00. The molecule has 0 heterocycles. The monoisotopic (exact) mass is 446 g/mol. The molecule has 0 aromatic heterocycles. The zero-order chi connectivity index (χ0) is 4.00. The van der Waals surface area contributed by atoms with Crippen LogP contribution in [0.4, 0.5) is 0 Å². The summed E-state index contributed by atoms with van der Waals surface area (Å²) in [4.78, 5) is 0. The Hall–Kier alpha value is 0.461. The van der Waals surface area contributed by atoms with Gasteiger partial charge in [0.2, 0.25) is 0 Å². The molecule has 0 saturated carbocycles. The average molecular weight is 446 g/mol. The Morgan fingerprint density at radius 3 is 0.667 bits per heavy atom. The minimum absolute atomic E-state index is 0. The molecule has 4 heteroatoms. The molecule has 0 amide bonds. The summed E-state index contributed by atoms with van der Waals surface area (Å²) >= 11 is 0. The normalized spacial score (nSPS) is 0.667. The van der Waals surface area contributed by atoms with Crippen LogP contribution in [0, 0.1) is 23.7 Å². The summed E-state index contributed by atoms with van der Waals surface area (Å²) in [5.41, 5.74) is 0. The zero-order valence-electron chi connectivity index (χ0n) is 2.50. The van der Waals surface area contributed by atoms with Crippen molar-refractivity contribution in [2.24, 2.45) is 0 Å². The van der Waals surface area contributed by atoms with Crippen molar-refractivity contribution in [2.75, 3.05) is 0 Å². The number of rotatable bonds is 0. The van der Waals surface area contributed by atoms with Gasteiger partial charge in [0, 0.05) is 0 Å².